The Morgan fingerprint density at radius 1 is 0.963 bits per heavy atom. The summed E-state index contributed by atoms with van der Waals surface area (Å²) in [5.41, 5.74) is 2.94. The molecule has 0 saturated heterocycles. The largest absolute Gasteiger partial charge is 0.355 e. The van der Waals surface area contributed by atoms with Gasteiger partial charge in [0.1, 0.15) is 6.54 Å². The molecule has 0 aromatic heterocycles. The van der Waals surface area contributed by atoms with Crippen LogP contribution in [0.1, 0.15) is 40.1 Å². The third-order valence-corrected chi connectivity index (χ3v) is 4.62. The lowest BCUT2D eigenvalue weighted by atomic mass is 10.1. The van der Waals surface area contributed by atoms with Gasteiger partial charge in [-0.2, -0.15) is 0 Å². The van der Waals surface area contributed by atoms with E-state index in [1.165, 1.54) is 6.92 Å². The number of benzene rings is 2. The molecule has 2 aromatic rings. The number of likely N-dealkylation sites (N-methyl/N-ethyl adjacent to an activating group) is 1. The maximum Gasteiger partial charge on any atom is 0.282 e. The SMILES string of the molecule is CNC(=O)c1ccc(C[NH+](C)[C@H](C)C(=O)Nc2ccc(C(C)=O)cc2)cc1. The Morgan fingerprint density at radius 2 is 1.52 bits per heavy atom. The Kier molecular flexibility index (Phi) is 6.85. The summed E-state index contributed by atoms with van der Waals surface area (Å²) in [6, 6.07) is 14.0. The minimum absolute atomic E-state index is 0.00661. The minimum atomic E-state index is -0.267. The van der Waals surface area contributed by atoms with Gasteiger partial charge in [-0.15, -0.1) is 0 Å². The van der Waals surface area contributed by atoms with E-state index in [2.05, 4.69) is 10.6 Å². The fraction of sp³-hybridized carbons (Fsp3) is 0.286. The zero-order valence-corrected chi connectivity index (χ0v) is 16.1. The molecule has 0 fully saturated rings. The van der Waals surface area contributed by atoms with E-state index in [9.17, 15) is 14.4 Å². The molecule has 0 aliphatic heterocycles. The van der Waals surface area contributed by atoms with Crippen LogP contribution in [0.2, 0.25) is 0 Å². The van der Waals surface area contributed by atoms with Crippen LogP contribution in [0, 0.1) is 0 Å². The van der Waals surface area contributed by atoms with E-state index < -0.39 is 0 Å². The molecule has 142 valence electrons. The smallest absolute Gasteiger partial charge is 0.282 e. The van der Waals surface area contributed by atoms with Gasteiger partial charge >= 0.3 is 0 Å². The highest BCUT2D eigenvalue weighted by Crippen LogP contribution is 2.10. The van der Waals surface area contributed by atoms with Crippen molar-refractivity contribution in [3.05, 3.63) is 65.2 Å². The van der Waals surface area contributed by atoms with E-state index in [1.807, 2.05) is 26.1 Å². The number of amides is 2. The Bertz CT molecular complexity index is 814. The lowest BCUT2D eigenvalue weighted by Gasteiger charge is -2.21. The fourth-order valence-electron chi connectivity index (χ4n) is 2.66. The molecule has 1 unspecified atom stereocenters. The molecule has 2 amide bonds. The van der Waals surface area contributed by atoms with Gasteiger partial charge in [0.2, 0.25) is 0 Å². The molecule has 2 aromatic carbocycles. The Morgan fingerprint density at radius 3 is 2.04 bits per heavy atom. The Hall–Kier alpha value is -2.99. The summed E-state index contributed by atoms with van der Waals surface area (Å²) in [5, 5.41) is 5.47. The third-order valence-electron chi connectivity index (χ3n) is 4.62. The maximum absolute atomic E-state index is 12.5. The molecule has 0 bridgehead atoms. The minimum Gasteiger partial charge on any atom is -0.355 e. The first-order valence-corrected chi connectivity index (χ1v) is 8.87. The highest BCUT2D eigenvalue weighted by atomic mass is 16.2. The average Bonchev–Trinajstić information content (AvgIpc) is 2.67. The van der Waals surface area contributed by atoms with E-state index in [0.717, 1.165) is 10.5 Å². The number of ketones is 1. The number of carbonyl (C=O) groups is 3. The lowest BCUT2D eigenvalue weighted by Crippen LogP contribution is -3.12. The van der Waals surface area contributed by atoms with Crippen LogP contribution in [0.3, 0.4) is 0 Å². The second-order valence-corrected chi connectivity index (χ2v) is 6.64. The van der Waals surface area contributed by atoms with Gasteiger partial charge in [-0.05, 0) is 50.2 Å². The highest BCUT2D eigenvalue weighted by molar-refractivity contribution is 5.96. The van der Waals surface area contributed by atoms with Crippen LogP contribution >= 0.6 is 0 Å². The van der Waals surface area contributed by atoms with Crippen molar-refractivity contribution in [1.29, 1.82) is 0 Å². The van der Waals surface area contributed by atoms with Crippen LogP contribution in [0.25, 0.3) is 0 Å². The molecule has 2 atom stereocenters. The normalized spacial score (nSPS) is 12.7. The van der Waals surface area contributed by atoms with Crippen LogP contribution in [-0.2, 0) is 11.3 Å². The van der Waals surface area contributed by atoms with Crippen molar-refractivity contribution in [3.63, 3.8) is 0 Å². The summed E-state index contributed by atoms with van der Waals surface area (Å²) in [7, 11) is 3.55. The van der Waals surface area contributed by atoms with Gasteiger partial charge in [0.05, 0.1) is 7.05 Å². The molecule has 6 heteroatoms. The number of nitrogens with one attached hydrogen (secondary N) is 3. The van der Waals surface area contributed by atoms with E-state index >= 15 is 0 Å². The zero-order valence-electron chi connectivity index (χ0n) is 16.1. The fourth-order valence-corrected chi connectivity index (χ4v) is 2.66. The predicted molar refractivity (Wildman–Crippen MR) is 105 cm³/mol. The van der Waals surface area contributed by atoms with Crippen molar-refractivity contribution < 1.29 is 19.3 Å². The first-order valence-electron chi connectivity index (χ1n) is 8.87. The molecule has 0 saturated carbocycles. The first-order chi connectivity index (χ1) is 12.8. The predicted octanol–water partition coefficient (Wildman–Crippen LogP) is 1.29. The molecule has 6 nitrogen and oxygen atoms in total. The van der Waals surface area contributed by atoms with E-state index in [4.69, 9.17) is 0 Å². The molecule has 27 heavy (non-hydrogen) atoms. The Labute approximate surface area is 159 Å². The van der Waals surface area contributed by atoms with Crippen molar-refractivity contribution in [2.45, 2.75) is 26.4 Å². The summed E-state index contributed by atoms with van der Waals surface area (Å²) >= 11 is 0. The van der Waals surface area contributed by atoms with Crippen molar-refractivity contribution in [2.24, 2.45) is 0 Å². The number of hydrogen-bond donors (Lipinski definition) is 3. The average molecular weight is 368 g/mol. The van der Waals surface area contributed by atoms with Crippen LogP contribution in [-0.4, -0.2) is 37.7 Å². The van der Waals surface area contributed by atoms with Crippen molar-refractivity contribution >= 4 is 23.3 Å². The molecule has 0 spiro atoms. The van der Waals surface area contributed by atoms with Gasteiger partial charge in [-0.1, -0.05) is 12.1 Å². The Balaban J connectivity index is 1.95. The lowest BCUT2D eigenvalue weighted by molar-refractivity contribution is -0.907. The summed E-state index contributed by atoms with van der Waals surface area (Å²) in [5.74, 6) is -0.219. The van der Waals surface area contributed by atoms with Crippen LogP contribution in [0.4, 0.5) is 5.69 Å². The number of carbonyl (C=O) groups excluding carboxylic acids is 3. The number of anilines is 1. The van der Waals surface area contributed by atoms with Gasteiger partial charge in [-0.25, -0.2) is 0 Å². The van der Waals surface area contributed by atoms with Crippen LogP contribution in [0.15, 0.2) is 48.5 Å². The van der Waals surface area contributed by atoms with Crippen molar-refractivity contribution in [3.8, 4) is 0 Å². The van der Waals surface area contributed by atoms with Crippen LogP contribution in [0.5, 0.6) is 0 Å². The van der Waals surface area contributed by atoms with Gasteiger partial charge in [0, 0.05) is 29.4 Å². The third kappa shape index (κ3) is 5.49. The molecule has 3 N–H and O–H groups in total. The number of quaternary nitrogens is 1. The number of hydrogen-bond acceptors (Lipinski definition) is 3. The summed E-state index contributed by atoms with van der Waals surface area (Å²) in [4.78, 5) is 36.4. The molecule has 0 aliphatic rings. The summed E-state index contributed by atoms with van der Waals surface area (Å²) < 4.78 is 0. The van der Waals surface area contributed by atoms with Crippen LogP contribution < -0.4 is 15.5 Å². The van der Waals surface area contributed by atoms with Gasteiger partial charge in [0.25, 0.3) is 11.8 Å². The summed E-state index contributed by atoms with van der Waals surface area (Å²) in [6.45, 7) is 4.04. The molecule has 2 rings (SSSR count). The quantitative estimate of drug-likeness (QED) is 0.645. The van der Waals surface area contributed by atoms with Crippen molar-refractivity contribution in [2.75, 3.05) is 19.4 Å². The van der Waals surface area contributed by atoms with Crippen molar-refractivity contribution in [1.82, 2.24) is 5.32 Å². The van der Waals surface area contributed by atoms with Gasteiger partial charge in [-0.3, -0.25) is 14.4 Å². The maximum atomic E-state index is 12.5. The second kappa shape index (κ2) is 9.09. The van der Waals surface area contributed by atoms with Gasteiger partial charge in [0.15, 0.2) is 11.8 Å². The monoisotopic (exact) mass is 368 g/mol. The number of rotatable bonds is 7. The first kappa shape index (κ1) is 20.3. The second-order valence-electron chi connectivity index (χ2n) is 6.64. The van der Waals surface area contributed by atoms with E-state index in [0.29, 0.717) is 23.4 Å². The molecule has 0 heterocycles. The standard InChI is InChI=1S/C21H25N3O3/c1-14(20(26)23-19-11-9-17(10-12-19)15(2)25)24(4)13-16-5-7-18(8-6-16)21(27)22-3/h5-12,14H,13H2,1-4H3,(H,22,27)(H,23,26)/p+1/t14-/m1/s1. The molecule has 0 radical (unpaired) electrons. The number of Topliss-reactive ketones (excluding diaryl/α,β-unsaturated/α-hetero) is 1. The van der Waals surface area contributed by atoms with Gasteiger partial charge < -0.3 is 15.5 Å². The van der Waals surface area contributed by atoms with E-state index in [1.54, 1.807) is 43.4 Å². The zero-order chi connectivity index (χ0) is 20.0. The highest BCUT2D eigenvalue weighted by Gasteiger charge is 2.22. The molecular weight excluding hydrogens is 342 g/mol. The molecule has 0 aliphatic carbocycles. The molecular formula is C21H26N3O3+. The summed E-state index contributed by atoms with van der Waals surface area (Å²) in [6.07, 6.45) is 0. The topological polar surface area (TPSA) is 79.7 Å². The van der Waals surface area contributed by atoms with E-state index in [-0.39, 0.29) is 23.6 Å².